The monoisotopic (exact) mass is 282 g/mol. The van der Waals surface area contributed by atoms with Crippen molar-refractivity contribution in [2.75, 3.05) is 0 Å². The van der Waals surface area contributed by atoms with E-state index in [0.717, 1.165) is 23.1 Å². The Balaban J connectivity index is 1.98. The number of nitrogens with zero attached hydrogens (tertiary/aromatic N) is 2. The number of benzene rings is 2. The summed E-state index contributed by atoms with van der Waals surface area (Å²) in [4.78, 5) is 10.8. The maximum absolute atomic E-state index is 10.8. The first kappa shape index (κ1) is 12.6. The van der Waals surface area contributed by atoms with E-state index in [-0.39, 0.29) is 0 Å². The summed E-state index contributed by atoms with van der Waals surface area (Å²) in [7, 11) is 0. The molecule has 0 radical (unpaired) electrons. The van der Waals surface area contributed by atoms with Crippen molar-refractivity contribution < 1.29 is 4.79 Å². The van der Waals surface area contributed by atoms with Crippen LogP contribution in [0.25, 0.3) is 16.8 Å². The maximum Gasteiger partial charge on any atom is 0.151 e. The van der Waals surface area contributed by atoms with Gasteiger partial charge in [-0.1, -0.05) is 41.9 Å². The first-order valence-corrected chi connectivity index (χ1v) is 6.51. The van der Waals surface area contributed by atoms with Crippen LogP contribution in [0.4, 0.5) is 0 Å². The Morgan fingerprint density at radius 2 is 1.85 bits per heavy atom. The largest absolute Gasteiger partial charge is 0.298 e. The van der Waals surface area contributed by atoms with Crippen LogP contribution in [0.1, 0.15) is 10.4 Å². The number of hydrogen-bond acceptors (Lipinski definition) is 2. The first-order valence-electron chi connectivity index (χ1n) is 6.13. The molecule has 0 aliphatic carbocycles. The highest BCUT2D eigenvalue weighted by Gasteiger charge is 2.05. The molecule has 0 atom stereocenters. The number of aromatic nitrogens is 2. The van der Waals surface area contributed by atoms with Gasteiger partial charge in [-0.2, -0.15) is 5.10 Å². The summed E-state index contributed by atoms with van der Waals surface area (Å²) >= 11 is 6.03. The molecule has 3 nitrogen and oxygen atoms in total. The highest BCUT2D eigenvalue weighted by molar-refractivity contribution is 6.33. The van der Waals surface area contributed by atoms with Gasteiger partial charge in [0.15, 0.2) is 6.29 Å². The van der Waals surface area contributed by atoms with Crippen molar-refractivity contribution >= 4 is 17.9 Å². The molecule has 0 unspecified atom stereocenters. The maximum atomic E-state index is 10.8. The van der Waals surface area contributed by atoms with Gasteiger partial charge < -0.3 is 0 Å². The minimum absolute atomic E-state index is 0.425. The standard InChI is InChI=1S/C16H11ClN2O/c17-16-8-15(7-6-13(16)11-20)19-10-14(9-18-19)12-4-2-1-3-5-12/h1-11H. The number of carbonyl (C=O) groups is 1. The summed E-state index contributed by atoms with van der Waals surface area (Å²) in [6.07, 6.45) is 4.48. The molecule has 0 saturated heterocycles. The third kappa shape index (κ3) is 2.36. The molecule has 0 saturated carbocycles. The second-order valence-corrected chi connectivity index (χ2v) is 4.77. The van der Waals surface area contributed by atoms with Gasteiger partial charge in [0.2, 0.25) is 0 Å². The second-order valence-electron chi connectivity index (χ2n) is 4.36. The average Bonchev–Trinajstić information content (AvgIpc) is 2.98. The Labute approximate surface area is 121 Å². The molecule has 0 fully saturated rings. The van der Waals surface area contributed by atoms with Crippen LogP contribution >= 0.6 is 11.6 Å². The van der Waals surface area contributed by atoms with Gasteiger partial charge in [0, 0.05) is 17.3 Å². The molecule has 1 aromatic heterocycles. The topological polar surface area (TPSA) is 34.9 Å². The predicted molar refractivity (Wildman–Crippen MR) is 79.4 cm³/mol. The third-order valence-corrected chi connectivity index (χ3v) is 3.39. The van der Waals surface area contributed by atoms with Gasteiger partial charge in [-0.15, -0.1) is 0 Å². The normalized spacial score (nSPS) is 10.4. The van der Waals surface area contributed by atoms with Crippen molar-refractivity contribution in [3.05, 3.63) is 71.5 Å². The third-order valence-electron chi connectivity index (χ3n) is 3.07. The van der Waals surface area contributed by atoms with E-state index in [1.807, 2.05) is 42.6 Å². The fourth-order valence-electron chi connectivity index (χ4n) is 2.00. The van der Waals surface area contributed by atoms with E-state index in [1.165, 1.54) is 0 Å². The van der Waals surface area contributed by atoms with E-state index in [2.05, 4.69) is 5.10 Å². The molecular formula is C16H11ClN2O. The molecule has 2 aromatic carbocycles. The summed E-state index contributed by atoms with van der Waals surface area (Å²) in [5, 5.41) is 4.75. The fourth-order valence-corrected chi connectivity index (χ4v) is 2.22. The molecule has 0 bridgehead atoms. The van der Waals surface area contributed by atoms with E-state index >= 15 is 0 Å². The van der Waals surface area contributed by atoms with Crippen LogP contribution in [-0.4, -0.2) is 16.1 Å². The Morgan fingerprint density at radius 3 is 2.55 bits per heavy atom. The van der Waals surface area contributed by atoms with E-state index in [4.69, 9.17) is 11.6 Å². The van der Waals surface area contributed by atoms with Gasteiger partial charge in [-0.05, 0) is 23.8 Å². The molecule has 0 N–H and O–H groups in total. The lowest BCUT2D eigenvalue weighted by Gasteiger charge is -2.03. The van der Waals surface area contributed by atoms with Gasteiger partial charge in [0.1, 0.15) is 0 Å². The second kappa shape index (κ2) is 5.31. The quantitative estimate of drug-likeness (QED) is 0.681. The van der Waals surface area contributed by atoms with E-state index in [0.29, 0.717) is 10.6 Å². The molecule has 0 aliphatic rings. The zero-order valence-corrected chi connectivity index (χ0v) is 11.3. The number of rotatable bonds is 3. The molecule has 3 rings (SSSR count). The van der Waals surface area contributed by atoms with Gasteiger partial charge in [0.05, 0.1) is 16.9 Å². The number of carbonyl (C=O) groups excluding carboxylic acids is 1. The zero-order valence-electron chi connectivity index (χ0n) is 10.5. The van der Waals surface area contributed by atoms with Gasteiger partial charge in [0.25, 0.3) is 0 Å². The summed E-state index contributed by atoms with van der Waals surface area (Å²) < 4.78 is 1.74. The van der Waals surface area contributed by atoms with Crippen LogP contribution < -0.4 is 0 Å². The van der Waals surface area contributed by atoms with Crippen molar-refractivity contribution in [2.24, 2.45) is 0 Å². The Kier molecular flexibility index (Phi) is 3.35. The molecule has 0 aliphatic heterocycles. The summed E-state index contributed by atoms with van der Waals surface area (Å²) in [6, 6.07) is 15.3. The van der Waals surface area contributed by atoms with Crippen LogP contribution in [0.15, 0.2) is 60.9 Å². The highest BCUT2D eigenvalue weighted by Crippen LogP contribution is 2.22. The fraction of sp³-hybridized carbons (Fsp3) is 0. The number of hydrogen-bond donors (Lipinski definition) is 0. The lowest BCUT2D eigenvalue weighted by molar-refractivity contribution is 0.112. The molecule has 3 aromatic rings. The lowest BCUT2D eigenvalue weighted by atomic mass is 10.1. The van der Waals surface area contributed by atoms with Crippen LogP contribution in [-0.2, 0) is 0 Å². The van der Waals surface area contributed by atoms with Crippen molar-refractivity contribution in [3.63, 3.8) is 0 Å². The molecule has 4 heteroatoms. The van der Waals surface area contributed by atoms with Crippen molar-refractivity contribution in [1.82, 2.24) is 9.78 Å². The summed E-state index contributed by atoms with van der Waals surface area (Å²) in [5.74, 6) is 0. The van der Waals surface area contributed by atoms with Crippen LogP contribution in [0.5, 0.6) is 0 Å². The molecule has 98 valence electrons. The van der Waals surface area contributed by atoms with Gasteiger partial charge in [-0.3, -0.25) is 4.79 Å². The minimum Gasteiger partial charge on any atom is -0.298 e. The number of halogens is 1. The summed E-state index contributed by atoms with van der Waals surface area (Å²) in [5.41, 5.74) is 3.43. The Bertz CT molecular complexity index is 750. The molecule has 1 heterocycles. The van der Waals surface area contributed by atoms with E-state index < -0.39 is 0 Å². The Hall–Kier alpha value is -2.39. The SMILES string of the molecule is O=Cc1ccc(-n2cc(-c3ccccc3)cn2)cc1Cl. The van der Waals surface area contributed by atoms with Gasteiger partial charge >= 0.3 is 0 Å². The van der Waals surface area contributed by atoms with Crippen LogP contribution in [0.2, 0.25) is 5.02 Å². The smallest absolute Gasteiger partial charge is 0.151 e. The van der Waals surface area contributed by atoms with Crippen molar-refractivity contribution in [3.8, 4) is 16.8 Å². The van der Waals surface area contributed by atoms with Crippen molar-refractivity contribution in [2.45, 2.75) is 0 Å². The van der Waals surface area contributed by atoms with E-state index in [1.54, 1.807) is 23.0 Å². The molecule has 20 heavy (non-hydrogen) atoms. The summed E-state index contributed by atoms with van der Waals surface area (Å²) in [6.45, 7) is 0. The molecular weight excluding hydrogens is 272 g/mol. The lowest BCUT2D eigenvalue weighted by Crippen LogP contribution is -1.95. The molecule has 0 amide bonds. The zero-order chi connectivity index (χ0) is 13.9. The van der Waals surface area contributed by atoms with Gasteiger partial charge in [-0.25, -0.2) is 4.68 Å². The Morgan fingerprint density at radius 1 is 1.05 bits per heavy atom. The first-order chi connectivity index (χ1) is 9.78. The molecule has 0 spiro atoms. The average molecular weight is 283 g/mol. The van der Waals surface area contributed by atoms with Crippen LogP contribution in [0, 0.1) is 0 Å². The minimum atomic E-state index is 0.425. The van der Waals surface area contributed by atoms with Crippen molar-refractivity contribution in [1.29, 1.82) is 0 Å². The van der Waals surface area contributed by atoms with Crippen LogP contribution in [0.3, 0.4) is 0 Å². The number of aldehydes is 1. The van der Waals surface area contributed by atoms with E-state index in [9.17, 15) is 4.79 Å². The predicted octanol–water partition coefficient (Wildman–Crippen LogP) is 4.01. The highest BCUT2D eigenvalue weighted by atomic mass is 35.5.